The van der Waals surface area contributed by atoms with Crippen molar-refractivity contribution in [2.24, 2.45) is 0 Å². The number of ether oxygens (including phenoxy) is 1. The zero-order chi connectivity index (χ0) is 19.5. The van der Waals surface area contributed by atoms with Crippen LogP contribution in [-0.4, -0.2) is 18.8 Å². The summed E-state index contributed by atoms with van der Waals surface area (Å²) < 4.78 is 5.21. The Hall–Kier alpha value is -3.31. The van der Waals surface area contributed by atoms with Gasteiger partial charge < -0.3 is 4.74 Å². The predicted octanol–water partition coefficient (Wildman–Crippen LogP) is 5.17. The number of carbonyl (C=O) groups excluding carboxylic acids is 2. The van der Waals surface area contributed by atoms with Gasteiger partial charge in [-0.2, -0.15) is 0 Å². The van der Waals surface area contributed by atoms with Gasteiger partial charge in [0.1, 0.15) is 5.75 Å². The average molecular weight is 387 g/mol. The maximum atomic E-state index is 13.2. The Balaban J connectivity index is 1.75. The molecule has 0 spiro atoms. The number of Topliss-reactive ketones (excluding diaryl/α,β-unsaturated/α-hetero) is 1. The highest BCUT2D eigenvalue weighted by Crippen LogP contribution is 2.40. The summed E-state index contributed by atoms with van der Waals surface area (Å²) in [7, 11) is 1.59. The third kappa shape index (κ3) is 3.44. The molecular weight excluding hydrogens is 370 g/mol. The fraction of sp³-hybridized carbons (Fsp3) is 0.0435. The number of hydrogen-bond donors (Lipinski definition) is 0. The molecule has 4 rings (SSSR count). The van der Waals surface area contributed by atoms with E-state index < -0.39 is 0 Å². The Morgan fingerprint density at radius 2 is 1.61 bits per heavy atom. The number of fused-ring (bicyclic) bond motifs is 1. The molecule has 0 bridgehead atoms. The summed E-state index contributed by atoms with van der Waals surface area (Å²) in [6, 6.07) is 23.7. The molecule has 0 saturated carbocycles. The number of ketones is 1. The van der Waals surface area contributed by atoms with Crippen molar-refractivity contribution in [1.82, 2.24) is 0 Å². The van der Waals surface area contributed by atoms with Gasteiger partial charge in [-0.3, -0.25) is 14.5 Å². The first-order chi connectivity index (χ1) is 13.7. The highest BCUT2D eigenvalue weighted by molar-refractivity contribution is 8.04. The number of thioether (sulfide) groups is 1. The van der Waals surface area contributed by atoms with Gasteiger partial charge in [-0.15, -0.1) is 0 Å². The minimum atomic E-state index is -0.206. The summed E-state index contributed by atoms with van der Waals surface area (Å²) in [6.07, 6.45) is 1.63. The molecule has 1 heterocycles. The Morgan fingerprint density at radius 3 is 2.29 bits per heavy atom. The zero-order valence-electron chi connectivity index (χ0n) is 15.2. The van der Waals surface area contributed by atoms with E-state index in [4.69, 9.17) is 4.74 Å². The van der Waals surface area contributed by atoms with Crippen LogP contribution in [0.5, 0.6) is 5.75 Å². The lowest BCUT2D eigenvalue weighted by atomic mass is 10.1. The molecule has 1 aliphatic rings. The molecule has 0 unspecified atom stereocenters. The van der Waals surface area contributed by atoms with E-state index in [9.17, 15) is 9.59 Å². The molecule has 3 aromatic rings. The van der Waals surface area contributed by atoms with Crippen molar-refractivity contribution >= 4 is 29.1 Å². The van der Waals surface area contributed by atoms with Crippen molar-refractivity contribution in [3.63, 3.8) is 0 Å². The van der Waals surface area contributed by atoms with Crippen molar-refractivity contribution in [3.8, 4) is 5.75 Å². The van der Waals surface area contributed by atoms with Crippen LogP contribution in [0.4, 0.5) is 5.69 Å². The van der Waals surface area contributed by atoms with E-state index in [1.165, 1.54) is 16.7 Å². The van der Waals surface area contributed by atoms with Gasteiger partial charge in [-0.25, -0.2) is 0 Å². The van der Waals surface area contributed by atoms with Crippen LogP contribution in [0.25, 0.3) is 0 Å². The Bertz CT molecular complexity index is 1060. The first kappa shape index (κ1) is 18.1. The summed E-state index contributed by atoms with van der Waals surface area (Å²) in [5.74, 6) is 0.421. The van der Waals surface area contributed by atoms with Crippen molar-refractivity contribution in [2.75, 3.05) is 12.0 Å². The Morgan fingerprint density at radius 1 is 0.929 bits per heavy atom. The number of methoxy groups -OCH3 is 1. The summed E-state index contributed by atoms with van der Waals surface area (Å²) in [5.41, 5.74) is 1.87. The lowest BCUT2D eigenvalue weighted by Crippen LogP contribution is -2.26. The summed E-state index contributed by atoms with van der Waals surface area (Å²) in [4.78, 5) is 28.9. The van der Waals surface area contributed by atoms with E-state index in [1.807, 2.05) is 42.5 Å². The fourth-order valence-corrected chi connectivity index (χ4v) is 3.97. The molecule has 138 valence electrons. The summed E-state index contributed by atoms with van der Waals surface area (Å²) >= 11 is 1.38. The molecule has 0 fully saturated rings. The van der Waals surface area contributed by atoms with Gasteiger partial charge in [0, 0.05) is 27.9 Å². The molecule has 5 heteroatoms. The van der Waals surface area contributed by atoms with E-state index in [2.05, 4.69) is 0 Å². The van der Waals surface area contributed by atoms with Crippen LogP contribution in [0.2, 0.25) is 0 Å². The SMILES string of the molecule is COc1ccc(N(C=C2Sc3ccccc3C2=O)C(=O)c2ccccc2)cc1. The molecule has 0 aliphatic carbocycles. The Kier molecular flexibility index (Phi) is 5.00. The highest BCUT2D eigenvalue weighted by atomic mass is 32.2. The predicted molar refractivity (Wildman–Crippen MR) is 111 cm³/mol. The van der Waals surface area contributed by atoms with Crippen LogP contribution in [0.1, 0.15) is 20.7 Å². The zero-order valence-corrected chi connectivity index (χ0v) is 16.0. The molecular formula is C23H17NO3S. The van der Waals surface area contributed by atoms with Crippen LogP contribution in [-0.2, 0) is 0 Å². The minimum absolute atomic E-state index is 0.0695. The normalized spacial score (nSPS) is 14.0. The number of rotatable bonds is 4. The van der Waals surface area contributed by atoms with Crippen molar-refractivity contribution in [1.29, 1.82) is 0 Å². The van der Waals surface area contributed by atoms with E-state index >= 15 is 0 Å². The van der Waals surface area contributed by atoms with Crippen LogP contribution in [0.3, 0.4) is 0 Å². The summed E-state index contributed by atoms with van der Waals surface area (Å²) in [5, 5.41) is 0. The fourth-order valence-electron chi connectivity index (χ4n) is 2.96. The number of carbonyl (C=O) groups is 2. The maximum Gasteiger partial charge on any atom is 0.262 e. The van der Waals surface area contributed by atoms with Gasteiger partial charge in [0.2, 0.25) is 5.78 Å². The smallest absolute Gasteiger partial charge is 0.262 e. The van der Waals surface area contributed by atoms with Gasteiger partial charge in [0.25, 0.3) is 5.91 Å². The molecule has 28 heavy (non-hydrogen) atoms. The topological polar surface area (TPSA) is 46.6 Å². The second kappa shape index (κ2) is 7.74. The number of benzene rings is 3. The lowest BCUT2D eigenvalue weighted by Gasteiger charge is -2.20. The number of hydrogen-bond acceptors (Lipinski definition) is 4. The highest BCUT2D eigenvalue weighted by Gasteiger charge is 2.27. The van der Waals surface area contributed by atoms with Crippen molar-refractivity contribution in [3.05, 3.63) is 101 Å². The molecule has 0 aromatic heterocycles. The number of allylic oxidation sites excluding steroid dienone is 1. The van der Waals surface area contributed by atoms with Crippen LogP contribution >= 0.6 is 11.8 Å². The number of anilines is 1. The quantitative estimate of drug-likeness (QED) is 0.579. The van der Waals surface area contributed by atoms with E-state index in [0.29, 0.717) is 27.5 Å². The molecule has 0 saturated heterocycles. The molecule has 1 amide bonds. The van der Waals surface area contributed by atoms with E-state index in [0.717, 1.165) is 4.90 Å². The van der Waals surface area contributed by atoms with Gasteiger partial charge in [0.05, 0.1) is 12.0 Å². The number of nitrogens with zero attached hydrogens (tertiary/aromatic N) is 1. The van der Waals surface area contributed by atoms with Crippen LogP contribution < -0.4 is 9.64 Å². The first-order valence-electron chi connectivity index (χ1n) is 8.73. The largest absolute Gasteiger partial charge is 0.497 e. The second-order valence-electron chi connectivity index (χ2n) is 6.16. The first-order valence-corrected chi connectivity index (χ1v) is 9.55. The third-order valence-electron chi connectivity index (χ3n) is 4.41. The lowest BCUT2D eigenvalue weighted by molar-refractivity contribution is 0.0997. The monoisotopic (exact) mass is 387 g/mol. The molecule has 0 radical (unpaired) electrons. The van der Waals surface area contributed by atoms with Crippen LogP contribution in [0, 0.1) is 0 Å². The minimum Gasteiger partial charge on any atom is -0.497 e. The van der Waals surface area contributed by atoms with Gasteiger partial charge >= 0.3 is 0 Å². The number of amides is 1. The standard InChI is InChI=1S/C23H17NO3S/c1-27-18-13-11-17(12-14-18)24(23(26)16-7-3-2-4-8-16)15-21-22(25)19-9-5-6-10-20(19)28-21/h2-15H,1H3. The molecule has 1 aliphatic heterocycles. The van der Waals surface area contributed by atoms with Gasteiger partial charge in [-0.05, 0) is 48.5 Å². The molecule has 0 N–H and O–H groups in total. The van der Waals surface area contributed by atoms with Crippen molar-refractivity contribution in [2.45, 2.75) is 4.90 Å². The molecule has 4 nitrogen and oxygen atoms in total. The molecule has 3 aromatic carbocycles. The maximum absolute atomic E-state index is 13.2. The van der Waals surface area contributed by atoms with Gasteiger partial charge in [0.15, 0.2) is 0 Å². The average Bonchev–Trinajstić information content (AvgIpc) is 3.08. The van der Waals surface area contributed by atoms with E-state index in [-0.39, 0.29) is 11.7 Å². The van der Waals surface area contributed by atoms with Crippen LogP contribution in [0.15, 0.2) is 94.9 Å². The Labute approximate surface area is 167 Å². The molecule has 0 atom stereocenters. The van der Waals surface area contributed by atoms with Gasteiger partial charge in [-0.1, -0.05) is 42.1 Å². The third-order valence-corrected chi connectivity index (χ3v) is 5.50. The second-order valence-corrected chi connectivity index (χ2v) is 7.24. The van der Waals surface area contributed by atoms with Crippen molar-refractivity contribution < 1.29 is 14.3 Å². The van der Waals surface area contributed by atoms with E-state index in [1.54, 1.807) is 49.7 Å². The summed E-state index contributed by atoms with van der Waals surface area (Å²) in [6.45, 7) is 0.